The molecule has 23 heavy (non-hydrogen) atoms. The smallest absolute Gasteiger partial charge is 0.293 e. The van der Waals surface area contributed by atoms with Crippen molar-refractivity contribution in [2.75, 3.05) is 6.54 Å². The second-order valence-corrected chi connectivity index (χ2v) is 6.52. The summed E-state index contributed by atoms with van der Waals surface area (Å²) in [4.78, 5) is 12.1. The number of hydrogen-bond acceptors (Lipinski definition) is 3. The minimum absolute atomic E-state index is 0.143. The third-order valence-corrected chi connectivity index (χ3v) is 4.01. The third-order valence-electron chi connectivity index (χ3n) is 2.94. The molecule has 122 valence electrons. The Morgan fingerprint density at radius 2 is 2.00 bits per heavy atom. The van der Waals surface area contributed by atoms with E-state index >= 15 is 0 Å². The molecule has 0 aliphatic carbocycles. The van der Waals surface area contributed by atoms with E-state index in [1.165, 1.54) is 0 Å². The molecular weight excluding hydrogens is 355 g/mol. The lowest BCUT2D eigenvalue weighted by molar-refractivity contribution is 0.0950. The van der Waals surface area contributed by atoms with Crippen molar-refractivity contribution in [3.63, 3.8) is 0 Å². The van der Waals surface area contributed by atoms with Gasteiger partial charge < -0.3 is 9.73 Å². The number of amides is 1. The summed E-state index contributed by atoms with van der Waals surface area (Å²) >= 11 is 17.2. The van der Waals surface area contributed by atoms with Gasteiger partial charge in [-0.15, -0.1) is 0 Å². The Bertz CT molecular complexity index is 729. The topological polar surface area (TPSA) is 54.3 Å². The van der Waals surface area contributed by atoms with Gasteiger partial charge in [0.05, 0.1) is 10.0 Å². The fraction of sp³-hybridized carbons (Fsp3) is 0.250. The molecule has 0 saturated heterocycles. The van der Waals surface area contributed by atoms with Gasteiger partial charge in [-0.2, -0.15) is 0 Å². The first-order valence-corrected chi connectivity index (χ1v) is 8.18. The Balaban J connectivity index is 2.08. The van der Waals surface area contributed by atoms with Gasteiger partial charge in [0.25, 0.3) is 5.91 Å². The molecule has 1 aromatic carbocycles. The number of nitrogens with one attached hydrogen (secondary N) is 2. The number of benzene rings is 1. The number of furan rings is 1. The lowest BCUT2D eigenvalue weighted by Gasteiger charge is -2.10. The molecule has 0 unspecified atom stereocenters. The van der Waals surface area contributed by atoms with E-state index in [9.17, 15) is 4.79 Å². The Morgan fingerprint density at radius 1 is 1.26 bits per heavy atom. The van der Waals surface area contributed by atoms with Crippen LogP contribution in [0.3, 0.4) is 0 Å². The van der Waals surface area contributed by atoms with E-state index in [2.05, 4.69) is 10.6 Å². The summed E-state index contributed by atoms with van der Waals surface area (Å²) in [7, 11) is 0. The Labute approximate surface area is 150 Å². The zero-order valence-electron chi connectivity index (χ0n) is 12.7. The highest BCUT2D eigenvalue weighted by atomic mass is 35.5. The fourth-order valence-corrected chi connectivity index (χ4v) is 2.37. The Morgan fingerprint density at radius 3 is 2.70 bits per heavy atom. The first kappa shape index (κ1) is 17.8. The van der Waals surface area contributed by atoms with E-state index in [4.69, 9.17) is 39.8 Å². The van der Waals surface area contributed by atoms with Crippen LogP contribution in [0.1, 0.15) is 24.4 Å². The van der Waals surface area contributed by atoms with Crippen molar-refractivity contribution in [2.45, 2.75) is 13.8 Å². The summed E-state index contributed by atoms with van der Waals surface area (Å²) in [6.07, 6.45) is 0. The molecule has 0 atom stereocenters. The van der Waals surface area contributed by atoms with Gasteiger partial charge in [0.15, 0.2) is 10.9 Å². The highest BCUT2D eigenvalue weighted by Gasteiger charge is 2.16. The number of carbonyl (C=O) groups is 1. The molecule has 0 saturated carbocycles. The van der Waals surface area contributed by atoms with Crippen molar-refractivity contribution in [2.24, 2.45) is 5.92 Å². The molecule has 1 amide bonds. The summed E-state index contributed by atoms with van der Waals surface area (Å²) in [6.45, 7) is 4.77. The minimum atomic E-state index is -0.421. The number of rotatable bonds is 4. The van der Waals surface area contributed by atoms with Crippen molar-refractivity contribution in [1.82, 2.24) is 10.6 Å². The maximum atomic E-state index is 12.1. The molecule has 2 rings (SSSR count). The van der Waals surface area contributed by atoms with Crippen LogP contribution in [0.2, 0.25) is 10.0 Å². The zero-order valence-corrected chi connectivity index (χ0v) is 15.0. The molecule has 2 aromatic rings. The molecule has 1 heterocycles. The van der Waals surface area contributed by atoms with Crippen molar-refractivity contribution in [3.8, 4) is 11.3 Å². The predicted octanol–water partition coefficient (Wildman–Crippen LogP) is 4.51. The fourth-order valence-electron chi connectivity index (χ4n) is 1.80. The molecule has 0 radical (unpaired) electrons. The zero-order chi connectivity index (χ0) is 17.0. The average molecular weight is 371 g/mol. The van der Waals surface area contributed by atoms with Gasteiger partial charge in [-0.25, -0.2) is 0 Å². The standard InChI is InChI=1S/C16H16Cl2N2O2S/c1-9(2)8-19-16(23)20-15(21)13-7-6-12(22-13)10-4-3-5-11(17)14(10)18/h3-7,9H,8H2,1-2H3,(H2,19,20,21,23). The Kier molecular flexibility index (Phi) is 6.04. The van der Waals surface area contributed by atoms with E-state index < -0.39 is 5.91 Å². The van der Waals surface area contributed by atoms with Crippen LogP contribution in [-0.4, -0.2) is 17.6 Å². The molecule has 0 aliphatic rings. The number of halogens is 2. The summed E-state index contributed by atoms with van der Waals surface area (Å²) in [5, 5.41) is 6.60. The van der Waals surface area contributed by atoms with Crippen LogP contribution < -0.4 is 10.6 Å². The summed E-state index contributed by atoms with van der Waals surface area (Å²) in [5.74, 6) is 0.606. The highest BCUT2D eigenvalue weighted by Crippen LogP contribution is 2.34. The van der Waals surface area contributed by atoms with Gasteiger partial charge in [-0.1, -0.05) is 43.1 Å². The number of thiocarbonyl (C=S) groups is 1. The van der Waals surface area contributed by atoms with Crippen LogP contribution in [0.5, 0.6) is 0 Å². The summed E-state index contributed by atoms with van der Waals surface area (Å²) < 4.78 is 5.55. The van der Waals surface area contributed by atoms with Crippen LogP contribution in [0.25, 0.3) is 11.3 Å². The molecule has 0 aliphatic heterocycles. The normalized spacial score (nSPS) is 10.7. The van der Waals surface area contributed by atoms with Gasteiger partial charge in [-0.3, -0.25) is 10.1 Å². The molecule has 0 spiro atoms. The van der Waals surface area contributed by atoms with Crippen LogP contribution in [0.15, 0.2) is 34.7 Å². The second-order valence-electron chi connectivity index (χ2n) is 5.32. The molecule has 4 nitrogen and oxygen atoms in total. The van der Waals surface area contributed by atoms with E-state index in [0.717, 1.165) is 0 Å². The second kappa shape index (κ2) is 7.81. The third kappa shape index (κ3) is 4.70. The predicted molar refractivity (Wildman–Crippen MR) is 97.1 cm³/mol. The summed E-state index contributed by atoms with van der Waals surface area (Å²) in [5.41, 5.74) is 0.624. The molecule has 0 fully saturated rings. The monoisotopic (exact) mass is 370 g/mol. The summed E-state index contributed by atoms with van der Waals surface area (Å²) in [6, 6.07) is 8.44. The van der Waals surface area contributed by atoms with Crippen molar-refractivity contribution in [1.29, 1.82) is 0 Å². The van der Waals surface area contributed by atoms with Gasteiger partial charge in [0.2, 0.25) is 0 Å². The molecular formula is C16H16Cl2N2O2S. The first-order chi connectivity index (χ1) is 10.9. The first-order valence-electron chi connectivity index (χ1n) is 7.02. The molecule has 0 bridgehead atoms. The average Bonchev–Trinajstić information content (AvgIpc) is 2.97. The van der Waals surface area contributed by atoms with Gasteiger partial charge in [0.1, 0.15) is 5.76 Å². The van der Waals surface area contributed by atoms with E-state index in [-0.39, 0.29) is 10.9 Å². The minimum Gasteiger partial charge on any atom is -0.451 e. The maximum absolute atomic E-state index is 12.1. The largest absolute Gasteiger partial charge is 0.451 e. The maximum Gasteiger partial charge on any atom is 0.293 e. The molecule has 7 heteroatoms. The molecule has 1 aromatic heterocycles. The van der Waals surface area contributed by atoms with E-state index in [0.29, 0.717) is 33.8 Å². The van der Waals surface area contributed by atoms with Crippen molar-refractivity contribution in [3.05, 3.63) is 46.1 Å². The quantitative estimate of drug-likeness (QED) is 0.777. The SMILES string of the molecule is CC(C)CNC(=S)NC(=O)c1ccc(-c2cccc(Cl)c2Cl)o1. The highest BCUT2D eigenvalue weighted by molar-refractivity contribution is 7.80. The van der Waals surface area contributed by atoms with E-state index in [1.807, 2.05) is 13.8 Å². The molecule has 2 N–H and O–H groups in total. The van der Waals surface area contributed by atoms with Crippen LogP contribution in [0, 0.1) is 5.92 Å². The van der Waals surface area contributed by atoms with Crippen molar-refractivity contribution >= 4 is 46.4 Å². The van der Waals surface area contributed by atoms with E-state index in [1.54, 1.807) is 30.3 Å². The van der Waals surface area contributed by atoms with Crippen LogP contribution >= 0.6 is 35.4 Å². The lowest BCUT2D eigenvalue weighted by Crippen LogP contribution is -2.40. The van der Waals surface area contributed by atoms with Gasteiger partial charge in [-0.05, 0) is 42.4 Å². The van der Waals surface area contributed by atoms with Crippen molar-refractivity contribution < 1.29 is 9.21 Å². The van der Waals surface area contributed by atoms with Crippen LogP contribution in [-0.2, 0) is 0 Å². The lowest BCUT2D eigenvalue weighted by atomic mass is 10.2. The van der Waals surface area contributed by atoms with Gasteiger partial charge in [0, 0.05) is 12.1 Å². The van der Waals surface area contributed by atoms with Gasteiger partial charge >= 0.3 is 0 Å². The Hall–Kier alpha value is -1.56. The number of carbonyl (C=O) groups excluding carboxylic acids is 1. The number of hydrogen-bond donors (Lipinski definition) is 2. The van der Waals surface area contributed by atoms with Crippen LogP contribution in [0.4, 0.5) is 0 Å².